The van der Waals surface area contributed by atoms with Crippen LogP contribution in [0.5, 0.6) is 5.75 Å². The van der Waals surface area contributed by atoms with Gasteiger partial charge < -0.3 is 20.3 Å². The van der Waals surface area contributed by atoms with Crippen LogP contribution in [-0.2, 0) is 5.41 Å². The average molecular weight is 389 g/mol. The molecule has 28 heavy (non-hydrogen) atoms. The predicted molar refractivity (Wildman–Crippen MR) is 119 cm³/mol. The third-order valence-electron chi connectivity index (χ3n) is 5.38. The first kappa shape index (κ1) is 22.5. The lowest BCUT2D eigenvalue weighted by molar-refractivity contribution is 0.187. The summed E-state index contributed by atoms with van der Waals surface area (Å²) >= 11 is 0. The van der Waals surface area contributed by atoms with Gasteiger partial charge >= 0.3 is 0 Å². The molecule has 2 N–H and O–H groups in total. The number of likely N-dealkylation sites (tertiary alicyclic amines) is 1. The van der Waals surface area contributed by atoms with E-state index >= 15 is 0 Å². The molecule has 0 unspecified atom stereocenters. The monoisotopic (exact) mass is 388 g/mol. The molecular weight excluding hydrogens is 348 g/mol. The van der Waals surface area contributed by atoms with Crippen molar-refractivity contribution in [3.8, 4) is 5.75 Å². The van der Waals surface area contributed by atoms with Crippen LogP contribution in [-0.4, -0.2) is 56.7 Å². The Morgan fingerprint density at radius 3 is 2.61 bits per heavy atom. The van der Waals surface area contributed by atoms with Gasteiger partial charge in [-0.3, -0.25) is 4.99 Å². The number of guanidine groups is 1. The largest absolute Gasteiger partial charge is 0.497 e. The summed E-state index contributed by atoms with van der Waals surface area (Å²) in [6, 6.07) is 8.80. The molecule has 5 nitrogen and oxygen atoms in total. The Kier molecular flexibility index (Phi) is 8.61. The highest BCUT2D eigenvalue weighted by atomic mass is 16.5. The molecule has 0 amide bonds. The van der Waals surface area contributed by atoms with Gasteiger partial charge in [-0.25, -0.2) is 0 Å². The summed E-state index contributed by atoms with van der Waals surface area (Å²) < 4.78 is 5.38. The third kappa shape index (κ3) is 7.01. The van der Waals surface area contributed by atoms with Gasteiger partial charge in [0.2, 0.25) is 0 Å². The number of rotatable bonds is 8. The molecule has 1 aliphatic heterocycles. The number of nitrogens with zero attached hydrogens (tertiary/aromatic N) is 2. The first-order valence-electron chi connectivity index (χ1n) is 10.8. The summed E-state index contributed by atoms with van der Waals surface area (Å²) in [5.41, 5.74) is 1.19. The Hall–Kier alpha value is -1.75. The van der Waals surface area contributed by atoms with Crippen molar-refractivity contribution in [3.63, 3.8) is 0 Å². The van der Waals surface area contributed by atoms with Crippen molar-refractivity contribution in [3.05, 3.63) is 29.8 Å². The van der Waals surface area contributed by atoms with Crippen molar-refractivity contribution in [1.82, 2.24) is 15.5 Å². The van der Waals surface area contributed by atoms with Crippen LogP contribution >= 0.6 is 0 Å². The molecule has 0 spiro atoms. The van der Waals surface area contributed by atoms with E-state index in [2.05, 4.69) is 62.3 Å². The van der Waals surface area contributed by atoms with Crippen molar-refractivity contribution in [2.75, 3.05) is 39.8 Å². The van der Waals surface area contributed by atoms with Gasteiger partial charge in [0, 0.05) is 37.6 Å². The molecule has 1 aromatic carbocycles. The van der Waals surface area contributed by atoms with E-state index in [0.717, 1.165) is 30.7 Å². The maximum absolute atomic E-state index is 5.38. The quantitative estimate of drug-likeness (QED) is 0.527. The standard InChI is InChI=1S/C23H40N4O/c1-7-24-22(26-20-11-13-27(14-12-20)16-18(2)3)25-17-23(4,5)19-9-8-10-21(15-19)28-6/h8-10,15,18,20H,7,11-14,16-17H2,1-6H3,(H2,24,25,26). The summed E-state index contributed by atoms with van der Waals surface area (Å²) in [7, 11) is 1.71. The van der Waals surface area contributed by atoms with Crippen LogP contribution in [0.2, 0.25) is 0 Å². The lowest BCUT2D eigenvalue weighted by atomic mass is 9.84. The number of benzene rings is 1. The Morgan fingerprint density at radius 2 is 2.00 bits per heavy atom. The molecule has 1 saturated heterocycles. The first-order valence-corrected chi connectivity index (χ1v) is 10.8. The van der Waals surface area contributed by atoms with Crippen LogP contribution in [0.15, 0.2) is 29.3 Å². The molecule has 158 valence electrons. The highest BCUT2D eigenvalue weighted by Crippen LogP contribution is 2.26. The SMILES string of the molecule is CCNC(=NCC(C)(C)c1cccc(OC)c1)NC1CCN(CC(C)C)CC1. The average Bonchev–Trinajstić information content (AvgIpc) is 2.67. The molecule has 0 aromatic heterocycles. The second-order valence-electron chi connectivity index (χ2n) is 8.92. The highest BCUT2D eigenvalue weighted by Gasteiger charge is 2.23. The smallest absolute Gasteiger partial charge is 0.191 e. The van der Waals surface area contributed by atoms with Crippen LogP contribution < -0.4 is 15.4 Å². The fourth-order valence-corrected chi connectivity index (χ4v) is 3.70. The van der Waals surface area contributed by atoms with Crippen LogP contribution in [0.25, 0.3) is 0 Å². The van der Waals surface area contributed by atoms with Gasteiger partial charge in [-0.05, 0) is 43.4 Å². The van der Waals surface area contributed by atoms with Crippen molar-refractivity contribution in [2.45, 2.75) is 58.9 Å². The van der Waals surface area contributed by atoms with Gasteiger partial charge in [-0.2, -0.15) is 0 Å². The second kappa shape index (κ2) is 10.7. The van der Waals surface area contributed by atoms with E-state index in [9.17, 15) is 0 Å². The molecular formula is C23H40N4O. The Bertz CT molecular complexity index is 619. The van der Waals surface area contributed by atoms with Crippen LogP contribution in [0.1, 0.15) is 53.0 Å². The Labute approximate surface area is 171 Å². The third-order valence-corrected chi connectivity index (χ3v) is 5.38. The van der Waals surface area contributed by atoms with E-state index in [4.69, 9.17) is 9.73 Å². The van der Waals surface area contributed by atoms with Crippen molar-refractivity contribution in [1.29, 1.82) is 0 Å². The zero-order valence-electron chi connectivity index (χ0n) is 18.7. The lowest BCUT2D eigenvalue weighted by Gasteiger charge is -2.34. The van der Waals surface area contributed by atoms with Crippen LogP contribution in [0.4, 0.5) is 0 Å². The minimum absolute atomic E-state index is 0.0580. The van der Waals surface area contributed by atoms with E-state index in [-0.39, 0.29) is 5.41 Å². The number of hydrogen-bond acceptors (Lipinski definition) is 3. The normalized spacial score (nSPS) is 17.0. The minimum atomic E-state index is -0.0580. The van der Waals surface area contributed by atoms with Gasteiger partial charge in [0.25, 0.3) is 0 Å². The van der Waals surface area contributed by atoms with Gasteiger partial charge in [-0.1, -0.05) is 39.8 Å². The maximum atomic E-state index is 5.38. The maximum Gasteiger partial charge on any atom is 0.191 e. The molecule has 0 radical (unpaired) electrons. The summed E-state index contributed by atoms with van der Waals surface area (Å²) in [5, 5.41) is 7.09. The van der Waals surface area contributed by atoms with Gasteiger partial charge in [0.05, 0.1) is 13.7 Å². The van der Waals surface area contributed by atoms with Gasteiger partial charge in [0.1, 0.15) is 5.75 Å². The zero-order chi connectivity index (χ0) is 20.6. The van der Waals surface area contributed by atoms with E-state index in [0.29, 0.717) is 6.04 Å². The molecule has 0 bridgehead atoms. The molecule has 5 heteroatoms. The number of ether oxygens (including phenoxy) is 1. The molecule has 1 aromatic rings. The molecule has 0 saturated carbocycles. The molecule has 1 aliphatic rings. The fraction of sp³-hybridized carbons (Fsp3) is 0.696. The van der Waals surface area contributed by atoms with Gasteiger partial charge in [-0.15, -0.1) is 0 Å². The second-order valence-corrected chi connectivity index (χ2v) is 8.92. The number of piperidine rings is 1. The number of nitrogens with one attached hydrogen (secondary N) is 2. The molecule has 2 rings (SSSR count). The lowest BCUT2D eigenvalue weighted by Crippen LogP contribution is -2.49. The summed E-state index contributed by atoms with van der Waals surface area (Å²) in [6.07, 6.45) is 2.35. The Morgan fingerprint density at radius 1 is 1.29 bits per heavy atom. The van der Waals surface area contributed by atoms with Crippen LogP contribution in [0.3, 0.4) is 0 Å². The highest BCUT2D eigenvalue weighted by molar-refractivity contribution is 5.80. The number of aliphatic imine (C=N–C) groups is 1. The van der Waals surface area contributed by atoms with Crippen molar-refractivity contribution < 1.29 is 4.74 Å². The van der Waals surface area contributed by atoms with Gasteiger partial charge in [0.15, 0.2) is 5.96 Å². The van der Waals surface area contributed by atoms with E-state index in [1.807, 2.05) is 12.1 Å². The number of methoxy groups -OCH3 is 1. The van der Waals surface area contributed by atoms with Crippen molar-refractivity contribution in [2.24, 2.45) is 10.9 Å². The molecule has 0 atom stereocenters. The Balaban J connectivity index is 1.96. The van der Waals surface area contributed by atoms with Crippen LogP contribution in [0, 0.1) is 5.92 Å². The van der Waals surface area contributed by atoms with Crippen molar-refractivity contribution >= 4 is 5.96 Å². The minimum Gasteiger partial charge on any atom is -0.497 e. The summed E-state index contributed by atoms with van der Waals surface area (Å²) in [6.45, 7) is 16.3. The van der Waals surface area contributed by atoms with E-state index in [1.54, 1.807) is 7.11 Å². The molecule has 1 heterocycles. The van der Waals surface area contributed by atoms with E-state index in [1.165, 1.54) is 38.0 Å². The molecule has 0 aliphatic carbocycles. The number of hydrogen-bond donors (Lipinski definition) is 2. The summed E-state index contributed by atoms with van der Waals surface area (Å²) in [4.78, 5) is 7.50. The van der Waals surface area contributed by atoms with E-state index < -0.39 is 0 Å². The first-order chi connectivity index (χ1) is 13.3. The zero-order valence-corrected chi connectivity index (χ0v) is 18.7. The fourth-order valence-electron chi connectivity index (χ4n) is 3.70. The molecule has 1 fully saturated rings. The predicted octanol–water partition coefficient (Wildman–Crippen LogP) is 3.65. The summed E-state index contributed by atoms with van der Waals surface area (Å²) in [5.74, 6) is 2.57. The topological polar surface area (TPSA) is 48.9 Å².